The molecule has 80 valence electrons. The summed E-state index contributed by atoms with van der Waals surface area (Å²) in [5.41, 5.74) is 0.0724. The van der Waals surface area contributed by atoms with Gasteiger partial charge in [-0.3, -0.25) is 0 Å². The lowest BCUT2D eigenvalue weighted by Gasteiger charge is -2.43. The number of hydrogen-bond acceptors (Lipinski definition) is 3. The molecule has 0 saturated carbocycles. The molecule has 2 atom stereocenters. The second-order valence-electron chi connectivity index (χ2n) is 4.00. The zero-order chi connectivity index (χ0) is 9.86. The molecule has 0 aromatic heterocycles. The van der Waals surface area contributed by atoms with Crippen LogP contribution in [0.4, 0.5) is 0 Å². The molecule has 1 aliphatic heterocycles. The molecule has 1 heterocycles. The van der Waals surface area contributed by atoms with E-state index in [2.05, 4.69) is 12.2 Å². The number of hydrogen-bond donors (Lipinski definition) is 0. The number of ether oxygens (including phenoxy) is 3. The van der Waals surface area contributed by atoms with Crippen LogP contribution >= 0.6 is 0 Å². The van der Waals surface area contributed by atoms with Crippen molar-refractivity contribution in [2.24, 2.45) is 5.41 Å². The van der Waals surface area contributed by atoms with E-state index in [0.29, 0.717) is 13.4 Å². The second-order valence-corrected chi connectivity index (χ2v) is 4.00. The largest absolute Gasteiger partial charge is 0.355 e. The fourth-order valence-electron chi connectivity index (χ4n) is 2.23. The molecular weight excluding hydrogens is 180 g/mol. The van der Waals surface area contributed by atoms with Crippen molar-refractivity contribution in [3.8, 4) is 0 Å². The maximum atomic E-state index is 5.64. The molecule has 3 nitrogen and oxygen atoms in total. The smallest absolute Gasteiger partial charge is 0.168 e. The maximum absolute atomic E-state index is 5.64. The van der Waals surface area contributed by atoms with Crippen molar-refractivity contribution in [2.45, 2.75) is 32.5 Å². The number of rotatable bonds is 2. The summed E-state index contributed by atoms with van der Waals surface area (Å²) >= 11 is 0. The van der Waals surface area contributed by atoms with Crippen LogP contribution in [0.2, 0.25) is 0 Å². The Kier molecular flexibility index (Phi) is 3.21. The summed E-state index contributed by atoms with van der Waals surface area (Å²) in [6, 6.07) is 0. The Hall–Kier alpha value is -0.380. The summed E-state index contributed by atoms with van der Waals surface area (Å²) in [6.07, 6.45) is 7.59. The van der Waals surface area contributed by atoms with Crippen molar-refractivity contribution in [3.05, 3.63) is 12.2 Å². The van der Waals surface area contributed by atoms with Crippen LogP contribution in [-0.2, 0) is 14.2 Å². The van der Waals surface area contributed by atoms with Crippen molar-refractivity contribution in [2.75, 3.05) is 20.0 Å². The standard InChI is InChI=1S/C11H18O3/c1-2-13-10-11(8-12-9-14-10)6-4-3-5-7-11/h3-4,10H,2,5-9H2,1H3. The van der Waals surface area contributed by atoms with Gasteiger partial charge in [-0.05, 0) is 26.2 Å². The van der Waals surface area contributed by atoms with E-state index >= 15 is 0 Å². The molecule has 0 amide bonds. The number of allylic oxidation sites excluding steroid dienone is 2. The highest BCUT2D eigenvalue weighted by Gasteiger charge is 2.43. The molecule has 1 spiro atoms. The lowest BCUT2D eigenvalue weighted by Crippen LogP contribution is -2.47. The van der Waals surface area contributed by atoms with Gasteiger partial charge in [0.05, 0.1) is 6.61 Å². The molecule has 1 fully saturated rings. The fourth-order valence-corrected chi connectivity index (χ4v) is 2.23. The SMILES string of the molecule is CCOC1OCOCC12CC=CCC2. The Bertz CT molecular complexity index is 213. The predicted molar refractivity (Wildman–Crippen MR) is 52.7 cm³/mol. The minimum Gasteiger partial charge on any atom is -0.355 e. The van der Waals surface area contributed by atoms with Gasteiger partial charge in [0.15, 0.2) is 6.29 Å². The average Bonchev–Trinajstić information content (AvgIpc) is 2.23. The third-order valence-corrected chi connectivity index (χ3v) is 3.01. The van der Waals surface area contributed by atoms with Crippen molar-refractivity contribution in [1.82, 2.24) is 0 Å². The zero-order valence-electron chi connectivity index (χ0n) is 8.70. The van der Waals surface area contributed by atoms with Gasteiger partial charge in [-0.15, -0.1) is 0 Å². The summed E-state index contributed by atoms with van der Waals surface area (Å²) in [6.45, 7) is 3.85. The van der Waals surface area contributed by atoms with E-state index in [1.54, 1.807) is 0 Å². The first-order valence-corrected chi connectivity index (χ1v) is 5.33. The average molecular weight is 198 g/mol. The van der Waals surface area contributed by atoms with E-state index in [1.165, 1.54) is 0 Å². The van der Waals surface area contributed by atoms with Crippen LogP contribution in [0, 0.1) is 5.41 Å². The molecule has 1 saturated heterocycles. The minimum absolute atomic E-state index is 0.0724. The van der Waals surface area contributed by atoms with Crippen molar-refractivity contribution >= 4 is 0 Å². The van der Waals surface area contributed by atoms with Crippen molar-refractivity contribution < 1.29 is 14.2 Å². The van der Waals surface area contributed by atoms with Crippen LogP contribution in [0.5, 0.6) is 0 Å². The molecular formula is C11H18O3. The van der Waals surface area contributed by atoms with Crippen LogP contribution in [0.25, 0.3) is 0 Å². The molecule has 0 aromatic rings. The highest BCUT2D eigenvalue weighted by Crippen LogP contribution is 2.40. The van der Waals surface area contributed by atoms with Gasteiger partial charge in [0.25, 0.3) is 0 Å². The molecule has 14 heavy (non-hydrogen) atoms. The van der Waals surface area contributed by atoms with Gasteiger partial charge in [-0.25, -0.2) is 0 Å². The van der Waals surface area contributed by atoms with Crippen LogP contribution < -0.4 is 0 Å². The first-order chi connectivity index (χ1) is 6.87. The summed E-state index contributed by atoms with van der Waals surface area (Å²) in [5.74, 6) is 0. The highest BCUT2D eigenvalue weighted by atomic mass is 16.8. The third-order valence-electron chi connectivity index (χ3n) is 3.01. The van der Waals surface area contributed by atoms with Gasteiger partial charge in [0, 0.05) is 12.0 Å². The van der Waals surface area contributed by atoms with Gasteiger partial charge < -0.3 is 14.2 Å². The second kappa shape index (κ2) is 4.43. The molecule has 2 unspecified atom stereocenters. The van der Waals surface area contributed by atoms with Gasteiger partial charge in [-0.2, -0.15) is 0 Å². The summed E-state index contributed by atoms with van der Waals surface area (Å²) in [7, 11) is 0. The molecule has 2 rings (SSSR count). The predicted octanol–water partition coefficient (Wildman–Crippen LogP) is 2.08. The first kappa shape index (κ1) is 10.1. The highest BCUT2D eigenvalue weighted by molar-refractivity contribution is 5.00. The molecule has 0 radical (unpaired) electrons. The van der Waals surface area contributed by atoms with E-state index in [0.717, 1.165) is 25.9 Å². The van der Waals surface area contributed by atoms with E-state index in [9.17, 15) is 0 Å². The quantitative estimate of drug-likeness (QED) is 0.636. The van der Waals surface area contributed by atoms with E-state index in [4.69, 9.17) is 14.2 Å². The molecule has 0 aromatic carbocycles. The van der Waals surface area contributed by atoms with Crippen molar-refractivity contribution in [3.63, 3.8) is 0 Å². The van der Waals surface area contributed by atoms with Gasteiger partial charge in [-0.1, -0.05) is 12.2 Å². The van der Waals surface area contributed by atoms with E-state index in [1.807, 2.05) is 6.92 Å². The summed E-state index contributed by atoms with van der Waals surface area (Å²) in [4.78, 5) is 0. The Morgan fingerprint density at radius 3 is 3.14 bits per heavy atom. The van der Waals surface area contributed by atoms with Crippen molar-refractivity contribution in [1.29, 1.82) is 0 Å². The first-order valence-electron chi connectivity index (χ1n) is 5.33. The molecule has 1 aliphatic carbocycles. The fraction of sp³-hybridized carbons (Fsp3) is 0.818. The zero-order valence-corrected chi connectivity index (χ0v) is 8.70. The molecule has 0 bridgehead atoms. The monoisotopic (exact) mass is 198 g/mol. The lowest BCUT2D eigenvalue weighted by molar-refractivity contribution is -0.300. The van der Waals surface area contributed by atoms with Gasteiger partial charge in [0.1, 0.15) is 6.79 Å². The summed E-state index contributed by atoms with van der Waals surface area (Å²) < 4.78 is 16.6. The van der Waals surface area contributed by atoms with E-state index < -0.39 is 0 Å². The van der Waals surface area contributed by atoms with Crippen LogP contribution in [0.15, 0.2) is 12.2 Å². The Morgan fingerprint density at radius 1 is 1.50 bits per heavy atom. The van der Waals surface area contributed by atoms with Crippen LogP contribution in [0.1, 0.15) is 26.2 Å². The van der Waals surface area contributed by atoms with Gasteiger partial charge in [0.2, 0.25) is 0 Å². The van der Waals surface area contributed by atoms with Gasteiger partial charge >= 0.3 is 0 Å². The Labute approximate surface area is 85.0 Å². The summed E-state index contributed by atoms with van der Waals surface area (Å²) in [5, 5.41) is 0. The Balaban J connectivity index is 2.07. The van der Waals surface area contributed by atoms with Crippen LogP contribution in [-0.4, -0.2) is 26.3 Å². The lowest BCUT2D eigenvalue weighted by atomic mass is 9.76. The van der Waals surface area contributed by atoms with Crippen LogP contribution in [0.3, 0.4) is 0 Å². The Morgan fingerprint density at radius 2 is 2.43 bits per heavy atom. The van der Waals surface area contributed by atoms with E-state index in [-0.39, 0.29) is 11.7 Å². The molecule has 3 heteroatoms. The third kappa shape index (κ3) is 1.85. The minimum atomic E-state index is -0.0776. The normalized spacial score (nSPS) is 37.6. The topological polar surface area (TPSA) is 27.7 Å². The molecule has 0 N–H and O–H groups in total. The maximum Gasteiger partial charge on any atom is 0.168 e. The molecule has 2 aliphatic rings.